The third-order valence-corrected chi connectivity index (χ3v) is 3.88. The van der Waals surface area contributed by atoms with E-state index in [1.54, 1.807) is 9.47 Å². The molecule has 0 saturated carbocycles. The Morgan fingerprint density at radius 3 is 2.72 bits per heavy atom. The highest BCUT2D eigenvalue weighted by molar-refractivity contribution is 5.93. The molecule has 1 aromatic heterocycles. The molecule has 0 bridgehead atoms. The average Bonchev–Trinajstić information content (AvgIpc) is 3.05. The summed E-state index contributed by atoms with van der Waals surface area (Å²) in [4.78, 5) is 17.9. The molecule has 0 unspecified atom stereocenters. The molecule has 1 aliphatic heterocycles. The molecule has 0 N–H and O–H groups in total. The van der Waals surface area contributed by atoms with Crippen LogP contribution in [0.25, 0.3) is 11.3 Å². The first-order valence-corrected chi connectivity index (χ1v) is 7.70. The molecule has 1 amide bonds. The van der Waals surface area contributed by atoms with E-state index in [-0.39, 0.29) is 24.0 Å². The number of hydrogen-bond donors (Lipinski definition) is 0. The number of imidazole rings is 1. The van der Waals surface area contributed by atoms with Crippen LogP contribution in [0.5, 0.6) is 5.75 Å². The largest absolute Gasteiger partial charge is 0.573 e. The minimum atomic E-state index is -4.89. The van der Waals surface area contributed by atoms with Gasteiger partial charge in [-0.2, -0.15) is 0 Å². The second-order valence-electron chi connectivity index (χ2n) is 5.65. The molecule has 0 spiro atoms. The molecule has 5 nitrogen and oxygen atoms in total. The predicted molar refractivity (Wildman–Crippen MR) is 80.2 cm³/mol. The molecule has 0 radical (unpaired) electrons. The molecule has 2 aromatic rings. The number of carbonyl (C=O) groups is 1. The molecule has 1 aromatic carbocycles. The van der Waals surface area contributed by atoms with Crippen molar-refractivity contribution in [2.75, 3.05) is 6.54 Å². The highest BCUT2D eigenvalue weighted by atomic mass is 19.4. The van der Waals surface area contributed by atoms with Gasteiger partial charge in [-0.15, -0.1) is 13.2 Å². The molecular formula is C16H15F4N3O2. The van der Waals surface area contributed by atoms with E-state index in [2.05, 4.69) is 9.72 Å². The predicted octanol–water partition coefficient (Wildman–Crippen LogP) is 3.80. The number of ether oxygens (including phenoxy) is 1. The van der Waals surface area contributed by atoms with Crippen molar-refractivity contribution in [1.82, 2.24) is 14.5 Å². The van der Waals surface area contributed by atoms with Crippen LogP contribution in [0, 0.1) is 5.82 Å². The van der Waals surface area contributed by atoms with Crippen molar-refractivity contribution in [1.29, 1.82) is 0 Å². The van der Waals surface area contributed by atoms with Crippen LogP contribution in [-0.4, -0.2) is 33.3 Å². The minimum Gasteiger partial charge on any atom is -0.406 e. The summed E-state index contributed by atoms with van der Waals surface area (Å²) in [6.07, 6.45) is -1.79. The number of fused-ring (bicyclic) bond motifs is 1. The van der Waals surface area contributed by atoms with Crippen LogP contribution in [0.2, 0.25) is 0 Å². The maximum absolute atomic E-state index is 14.3. The van der Waals surface area contributed by atoms with Gasteiger partial charge in [-0.1, -0.05) is 13.3 Å². The van der Waals surface area contributed by atoms with E-state index in [4.69, 9.17) is 0 Å². The Kier molecular flexibility index (Phi) is 4.40. The van der Waals surface area contributed by atoms with Crippen molar-refractivity contribution in [2.24, 2.45) is 0 Å². The van der Waals surface area contributed by atoms with Crippen LogP contribution in [0.3, 0.4) is 0 Å². The number of hydrogen-bond acceptors (Lipinski definition) is 3. The van der Waals surface area contributed by atoms with E-state index in [0.29, 0.717) is 18.3 Å². The van der Waals surface area contributed by atoms with Gasteiger partial charge in [-0.3, -0.25) is 4.79 Å². The van der Waals surface area contributed by atoms with Gasteiger partial charge in [0.05, 0.1) is 18.6 Å². The zero-order chi connectivity index (χ0) is 18.2. The smallest absolute Gasteiger partial charge is 0.406 e. The topological polar surface area (TPSA) is 47.4 Å². The lowest BCUT2D eigenvalue weighted by molar-refractivity contribution is -0.274. The Morgan fingerprint density at radius 1 is 1.32 bits per heavy atom. The maximum atomic E-state index is 14.3. The molecule has 0 fully saturated rings. The SMILES string of the molecule is CCCCN1Cn2c(-c3ccc(OC(F)(F)F)cc3F)cnc2C1=O. The molecule has 0 aliphatic carbocycles. The average molecular weight is 357 g/mol. The zero-order valence-corrected chi connectivity index (χ0v) is 13.3. The molecule has 0 atom stereocenters. The highest BCUT2D eigenvalue weighted by Gasteiger charge is 2.33. The Labute approximate surface area is 140 Å². The second kappa shape index (κ2) is 6.38. The number of rotatable bonds is 5. The van der Waals surface area contributed by atoms with Crippen LogP contribution in [0.1, 0.15) is 30.4 Å². The summed E-state index contributed by atoms with van der Waals surface area (Å²) in [5.74, 6) is -1.57. The molecule has 1 aliphatic rings. The number of nitrogens with zero attached hydrogens (tertiary/aromatic N) is 3. The Hall–Kier alpha value is -2.58. The Morgan fingerprint density at radius 2 is 2.08 bits per heavy atom. The zero-order valence-electron chi connectivity index (χ0n) is 13.3. The summed E-state index contributed by atoms with van der Waals surface area (Å²) >= 11 is 0. The molecule has 2 heterocycles. The molecular weight excluding hydrogens is 342 g/mol. The third kappa shape index (κ3) is 3.45. The fraction of sp³-hybridized carbons (Fsp3) is 0.375. The van der Waals surface area contributed by atoms with Gasteiger partial charge in [-0.05, 0) is 18.6 Å². The van der Waals surface area contributed by atoms with E-state index < -0.39 is 17.9 Å². The van der Waals surface area contributed by atoms with Crippen molar-refractivity contribution in [2.45, 2.75) is 32.8 Å². The van der Waals surface area contributed by atoms with Crippen molar-refractivity contribution in [3.8, 4) is 17.0 Å². The van der Waals surface area contributed by atoms with Gasteiger partial charge in [0.2, 0.25) is 5.82 Å². The quantitative estimate of drug-likeness (QED) is 0.765. The van der Waals surface area contributed by atoms with E-state index in [1.165, 1.54) is 12.3 Å². The molecule has 134 valence electrons. The lowest BCUT2D eigenvalue weighted by Gasteiger charge is -2.15. The monoisotopic (exact) mass is 357 g/mol. The van der Waals surface area contributed by atoms with Gasteiger partial charge >= 0.3 is 6.36 Å². The summed E-state index contributed by atoms with van der Waals surface area (Å²) < 4.78 is 56.2. The van der Waals surface area contributed by atoms with Crippen LogP contribution in [0.4, 0.5) is 17.6 Å². The third-order valence-electron chi connectivity index (χ3n) is 3.88. The molecule has 3 rings (SSSR count). The van der Waals surface area contributed by atoms with E-state index in [9.17, 15) is 22.4 Å². The van der Waals surface area contributed by atoms with Crippen LogP contribution in [-0.2, 0) is 6.67 Å². The Bertz CT molecular complexity index is 801. The fourth-order valence-corrected chi connectivity index (χ4v) is 2.70. The van der Waals surface area contributed by atoms with Gasteiger partial charge < -0.3 is 14.2 Å². The Balaban J connectivity index is 1.88. The minimum absolute atomic E-state index is 0.0541. The standard InChI is InChI=1S/C16H15F4N3O2/c1-2-3-6-22-9-23-13(8-21-14(23)15(22)24)11-5-4-10(7-12(11)17)25-16(18,19)20/h4-5,7-8H,2-3,6,9H2,1H3. The summed E-state index contributed by atoms with van der Waals surface area (Å²) in [7, 11) is 0. The summed E-state index contributed by atoms with van der Waals surface area (Å²) in [6, 6.07) is 2.87. The van der Waals surface area contributed by atoms with Crippen molar-refractivity contribution in [3.63, 3.8) is 0 Å². The fourth-order valence-electron chi connectivity index (χ4n) is 2.70. The number of aromatic nitrogens is 2. The normalized spacial score (nSPS) is 14.1. The van der Waals surface area contributed by atoms with Gasteiger partial charge in [0.1, 0.15) is 11.6 Å². The molecule has 0 saturated heterocycles. The van der Waals surface area contributed by atoms with Crippen molar-refractivity contribution < 1.29 is 27.1 Å². The number of unbranched alkanes of at least 4 members (excludes halogenated alkanes) is 1. The highest BCUT2D eigenvalue weighted by Crippen LogP contribution is 2.31. The summed E-state index contributed by atoms with van der Waals surface area (Å²) in [5, 5.41) is 0. The van der Waals surface area contributed by atoms with E-state index in [1.807, 2.05) is 6.92 Å². The first kappa shape index (κ1) is 17.2. The van der Waals surface area contributed by atoms with Gasteiger partial charge in [0.25, 0.3) is 5.91 Å². The lowest BCUT2D eigenvalue weighted by Crippen LogP contribution is -2.25. The summed E-state index contributed by atoms with van der Waals surface area (Å²) in [6.45, 7) is 2.81. The maximum Gasteiger partial charge on any atom is 0.573 e. The van der Waals surface area contributed by atoms with Crippen molar-refractivity contribution >= 4 is 5.91 Å². The second-order valence-corrected chi connectivity index (χ2v) is 5.65. The van der Waals surface area contributed by atoms with Crippen LogP contribution in [0.15, 0.2) is 24.4 Å². The number of halogens is 4. The van der Waals surface area contributed by atoms with Gasteiger partial charge in [0.15, 0.2) is 0 Å². The van der Waals surface area contributed by atoms with Crippen LogP contribution < -0.4 is 4.74 Å². The van der Waals surface area contributed by atoms with Gasteiger partial charge in [-0.25, -0.2) is 9.37 Å². The van der Waals surface area contributed by atoms with Gasteiger partial charge in [0, 0.05) is 18.2 Å². The first-order valence-electron chi connectivity index (χ1n) is 7.70. The lowest BCUT2D eigenvalue weighted by atomic mass is 10.1. The number of alkyl halides is 3. The molecule has 9 heteroatoms. The van der Waals surface area contributed by atoms with E-state index >= 15 is 0 Å². The first-order chi connectivity index (χ1) is 11.8. The number of benzene rings is 1. The number of amides is 1. The van der Waals surface area contributed by atoms with Crippen LogP contribution >= 0.6 is 0 Å². The van der Waals surface area contributed by atoms with E-state index in [0.717, 1.165) is 18.9 Å². The number of carbonyl (C=O) groups excluding carboxylic acids is 1. The van der Waals surface area contributed by atoms with Crippen molar-refractivity contribution in [3.05, 3.63) is 36.0 Å². The summed E-state index contributed by atoms with van der Waals surface area (Å²) in [5.41, 5.74) is 0.386. The molecule has 25 heavy (non-hydrogen) atoms.